The molecule has 0 unspecified atom stereocenters. The summed E-state index contributed by atoms with van der Waals surface area (Å²) in [6.45, 7) is 0.577. The molecule has 2 N–H and O–H groups in total. The first-order valence-corrected chi connectivity index (χ1v) is 6.68. The van der Waals surface area contributed by atoms with Gasteiger partial charge in [0.2, 0.25) is 0 Å². The van der Waals surface area contributed by atoms with Gasteiger partial charge in [-0.1, -0.05) is 30.3 Å². The second-order valence-corrected chi connectivity index (χ2v) is 4.64. The summed E-state index contributed by atoms with van der Waals surface area (Å²) in [5, 5.41) is 0. The van der Waals surface area contributed by atoms with Gasteiger partial charge in [0.1, 0.15) is 12.4 Å². The van der Waals surface area contributed by atoms with E-state index in [1.165, 1.54) is 12.1 Å². The van der Waals surface area contributed by atoms with Crippen LogP contribution in [0.2, 0.25) is 0 Å². The molecule has 0 heterocycles. The van der Waals surface area contributed by atoms with Crippen LogP contribution in [0.5, 0.6) is 5.75 Å². The SMILES string of the molecule is Nc1ccc(C(F)(F)F)c(OCCOCc2ccccc2)c1. The van der Waals surface area contributed by atoms with E-state index in [0.29, 0.717) is 6.61 Å². The van der Waals surface area contributed by atoms with Crippen LogP contribution in [0.3, 0.4) is 0 Å². The van der Waals surface area contributed by atoms with Crippen LogP contribution in [0.1, 0.15) is 11.1 Å². The Morgan fingerprint density at radius 1 is 0.955 bits per heavy atom. The molecule has 0 aliphatic rings. The molecule has 0 spiro atoms. The summed E-state index contributed by atoms with van der Waals surface area (Å²) < 4.78 is 49.0. The highest BCUT2D eigenvalue weighted by molar-refractivity contribution is 5.49. The third-order valence-electron chi connectivity index (χ3n) is 2.91. The molecule has 6 heteroatoms. The van der Waals surface area contributed by atoms with Gasteiger partial charge in [-0.2, -0.15) is 13.2 Å². The van der Waals surface area contributed by atoms with Gasteiger partial charge in [0.05, 0.1) is 18.8 Å². The van der Waals surface area contributed by atoms with Crippen LogP contribution in [-0.2, 0) is 17.5 Å². The summed E-state index contributed by atoms with van der Waals surface area (Å²) in [6.07, 6.45) is -4.48. The van der Waals surface area contributed by atoms with Gasteiger partial charge in [0.15, 0.2) is 0 Å². The highest BCUT2D eigenvalue weighted by atomic mass is 19.4. The van der Waals surface area contributed by atoms with E-state index in [1.807, 2.05) is 30.3 Å². The van der Waals surface area contributed by atoms with Gasteiger partial charge in [0.25, 0.3) is 0 Å². The maximum Gasteiger partial charge on any atom is 0.419 e. The molecule has 118 valence electrons. The molecular weight excluding hydrogens is 295 g/mol. The summed E-state index contributed by atoms with van der Waals surface area (Å²) in [6, 6.07) is 12.7. The average Bonchev–Trinajstić information content (AvgIpc) is 2.47. The van der Waals surface area contributed by atoms with E-state index in [2.05, 4.69) is 0 Å². The van der Waals surface area contributed by atoms with Gasteiger partial charge in [0, 0.05) is 11.8 Å². The van der Waals surface area contributed by atoms with Crippen LogP contribution in [0, 0.1) is 0 Å². The first-order chi connectivity index (χ1) is 10.5. The molecule has 0 saturated carbocycles. The molecule has 22 heavy (non-hydrogen) atoms. The van der Waals surface area contributed by atoms with Crippen LogP contribution in [0.15, 0.2) is 48.5 Å². The summed E-state index contributed by atoms with van der Waals surface area (Å²) in [7, 11) is 0. The fourth-order valence-electron chi connectivity index (χ4n) is 1.87. The summed E-state index contributed by atoms with van der Waals surface area (Å²) in [5.74, 6) is -0.282. The molecule has 2 aromatic carbocycles. The van der Waals surface area contributed by atoms with Gasteiger partial charge in [-0.25, -0.2) is 0 Å². The highest BCUT2D eigenvalue weighted by Gasteiger charge is 2.34. The van der Waals surface area contributed by atoms with Crippen molar-refractivity contribution in [2.24, 2.45) is 0 Å². The van der Waals surface area contributed by atoms with Gasteiger partial charge in [-0.15, -0.1) is 0 Å². The number of ether oxygens (including phenoxy) is 2. The van der Waals surface area contributed by atoms with E-state index >= 15 is 0 Å². The van der Waals surface area contributed by atoms with E-state index in [1.54, 1.807) is 0 Å². The molecule has 0 saturated heterocycles. The van der Waals surface area contributed by atoms with E-state index in [0.717, 1.165) is 11.6 Å². The third-order valence-corrected chi connectivity index (χ3v) is 2.91. The van der Waals surface area contributed by atoms with Crippen molar-refractivity contribution in [1.29, 1.82) is 0 Å². The minimum absolute atomic E-state index is 0.0133. The van der Waals surface area contributed by atoms with Crippen molar-refractivity contribution in [1.82, 2.24) is 0 Å². The largest absolute Gasteiger partial charge is 0.490 e. The molecule has 3 nitrogen and oxygen atoms in total. The first kappa shape index (κ1) is 16.2. The third kappa shape index (κ3) is 4.66. The number of rotatable bonds is 6. The first-order valence-electron chi connectivity index (χ1n) is 6.68. The molecule has 0 aromatic heterocycles. The standard InChI is InChI=1S/C16H16F3NO2/c17-16(18,19)14-7-6-13(20)10-15(14)22-9-8-21-11-12-4-2-1-3-5-12/h1-7,10H,8-9,11,20H2. The van der Waals surface area contributed by atoms with Crippen molar-refractivity contribution in [3.8, 4) is 5.75 Å². The van der Waals surface area contributed by atoms with Crippen LogP contribution < -0.4 is 10.5 Å². The molecule has 0 radical (unpaired) electrons. The lowest BCUT2D eigenvalue weighted by atomic mass is 10.2. The molecule has 0 atom stereocenters. The minimum Gasteiger partial charge on any atom is -0.490 e. The fourth-order valence-corrected chi connectivity index (χ4v) is 1.87. The molecule has 2 rings (SSSR count). The van der Waals surface area contributed by atoms with Gasteiger partial charge in [-0.3, -0.25) is 0 Å². The number of hydrogen-bond acceptors (Lipinski definition) is 3. The molecule has 0 fully saturated rings. The monoisotopic (exact) mass is 311 g/mol. The second kappa shape index (κ2) is 7.17. The fraction of sp³-hybridized carbons (Fsp3) is 0.250. The summed E-state index contributed by atoms with van der Waals surface area (Å²) in [5.41, 5.74) is 5.86. The lowest BCUT2D eigenvalue weighted by molar-refractivity contribution is -0.139. The zero-order valence-electron chi connectivity index (χ0n) is 11.8. The van der Waals surface area contributed by atoms with Crippen LogP contribution in [0.4, 0.5) is 18.9 Å². The maximum atomic E-state index is 12.8. The molecule has 0 aliphatic carbocycles. The van der Waals surface area contributed by atoms with Crippen LogP contribution in [-0.4, -0.2) is 13.2 Å². The van der Waals surface area contributed by atoms with Gasteiger partial charge in [-0.05, 0) is 17.7 Å². The molecule has 0 amide bonds. The summed E-state index contributed by atoms with van der Waals surface area (Å²) in [4.78, 5) is 0. The molecular formula is C16H16F3NO2. The number of alkyl halides is 3. The maximum absolute atomic E-state index is 12.8. The zero-order valence-corrected chi connectivity index (χ0v) is 11.8. The Kier molecular flexibility index (Phi) is 5.27. The summed E-state index contributed by atoms with van der Waals surface area (Å²) >= 11 is 0. The number of anilines is 1. The lowest BCUT2D eigenvalue weighted by Gasteiger charge is -2.14. The van der Waals surface area contributed by atoms with Gasteiger partial charge >= 0.3 is 6.18 Å². The normalized spacial score (nSPS) is 11.4. The van der Waals surface area contributed by atoms with Crippen LogP contribution in [0.25, 0.3) is 0 Å². The topological polar surface area (TPSA) is 44.5 Å². The predicted octanol–water partition coefficient (Wildman–Crippen LogP) is 3.88. The van der Waals surface area contributed by atoms with Crippen molar-refractivity contribution in [3.63, 3.8) is 0 Å². The molecule has 0 aliphatic heterocycles. The van der Waals surface area contributed by atoms with E-state index in [-0.39, 0.29) is 24.7 Å². The Balaban J connectivity index is 1.85. The van der Waals surface area contributed by atoms with Gasteiger partial charge < -0.3 is 15.2 Å². The number of nitrogen functional groups attached to an aromatic ring is 1. The van der Waals surface area contributed by atoms with E-state index in [9.17, 15) is 13.2 Å². The van der Waals surface area contributed by atoms with Crippen LogP contribution >= 0.6 is 0 Å². The average molecular weight is 311 g/mol. The number of hydrogen-bond donors (Lipinski definition) is 1. The molecule has 2 aromatic rings. The van der Waals surface area contributed by atoms with E-state index in [4.69, 9.17) is 15.2 Å². The van der Waals surface area contributed by atoms with Crippen molar-refractivity contribution >= 4 is 5.69 Å². The number of halogens is 3. The molecule has 0 bridgehead atoms. The second-order valence-electron chi connectivity index (χ2n) is 4.64. The Morgan fingerprint density at radius 3 is 2.36 bits per heavy atom. The predicted molar refractivity (Wildman–Crippen MR) is 77.4 cm³/mol. The zero-order chi connectivity index (χ0) is 16.0. The Bertz CT molecular complexity index is 600. The van der Waals surface area contributed by atoms with E-state index < -0.39 is 11.7 Å². The smallest absolute Gasteiger partial charge is 0.419 e. The Hall–Kier alpha value is -2.21. The van der Waals surface area contributed by atoms with Crippen molar-refractivity contribution in [2.75, 3.05) is 18.9 Å². The highest BCUT2D eigenvalue weighted by Crippen LogP contribution is 2.37. The Labute approximate surface area is 126 Å². The number of benzene rings is 2. The van der Waals surface area contributed by atoms with Crippen molar-refractivity contribution in [2.45, 2.75) is 12.8 Å². The number of nitrogens with two attached hydrogens (primary N) is 1. The van der Waals surface area contributed by atoms with Crippen molar-refractivity contribution in [3.05, 3.63) is 59.7 Å². The lowest BCUT2D eigenvalue weighted by Crippen LogP contribution is -2.12. The quantitative estimate of drug-likeness (QED) is 0.650. The Morgan fingerprint density at radius 2 is 1.68 bits per heavy atom. The van der Waals surface area contributed by atoms with Crippen molar-refractivity contribution < 1.29 is 22.6 Å². The minimum atomic E-state index is -4.48.